The van der Waals surface area contributed by atoms with Gasteiger partial charge in [-0.05, 0) is 29.7 Å². The van der Waals surface area contributed by atoms with E-state index in [-0.39, 0.29) is 23.6 Å². The first-order chi connectivity index (χ1) is 12.9. The van der Waals surface area contributed by atoms with Crippen molar-refractivity contribution >= 4 is 21.7 Å². The van der Waals surface area contributed by atoms with Gasteiger partial charge in [0.1, 0.15) is 0 Å². The number of benzene rings is 3. The zero-order valence-electron chi connectivity index (χ0n) is 14.5. The number of anilines is 1. The summed E-state index contributed by atoms with van der Waals surface area (Å²) in [5.74, 6) is -0.233. The van der Waals surface area contributed by atoms with Gasteiger partial charge in [0.15, 0.2) is 0 Å². The Kier molecular flexibility index (Phi) is 5.69. The molecule has 0 saturated heterocycles. The van der Waals surface area contributed by atoms with Crippen molar-refractivity contribution in [1.82, 2.24) is 0 Å². The lowest BCUT2D eigenvalue weighted by atomic mass is 10.0. The Morgan fingerprint density at radius 2 is 1.48 bits per heavy atom. The number of rotatable bonds is 6. The molecule has 0 fully saturated rings. The first-order valence-corrected chi connectivity index (χ1v) is 9.89. The van der Waals surface area contributed by atoms with Crippen LogP contribution in [0.3, 0.4) is 0 Å². The monoisotopic (exact) mass is 381 g/mol. The van der Waals surface area contributed by atoms with Crippen LogP contribution in [0, 0.1) is 0 Å². The summed E-state index contributed by atoms with van der Waals surface area (Å²) in [6.45, 7) is 0. The Morgan fingerprint density at radius 1 is 0.852 bits per heavy atom. The smallest absolute Gasteiger partial charge is 0.294 e. The Hall–Kier alpha value is -2.96. The molecule has 0 bridgehead atoms. The van der Waals surface area contributed by atoms with Crippen LogP contribution in [-0.2, 0) is 21.3 Å². The van der Waals surface area contributed by atoms with Gasteiger partial charge in [-0.2, -0.15) is 8.42 Å². The second-order valence-electron chi connectivity index (χ2n) is 6.04. The molecule has 0 aliphatic rings. The summed E-state index contributed by atoms with van der Waals surface area (Å²) >= 11 is 0. The highest BCUT2D eigenvalue weighted by Crippen LogP contribution is 2.27. The summed E-state index contributed by atoms with van der Waals surface area (Å²) in [6.07, 6.45) is 0.297. The first kappa shape index (κ1) is 18.8. The molecule has 0 heterocycles. The molecule has 0 aromatic heterocycles. The van der Waals surface area contributed by atoms with Crippen molar-refractivity contribution in [3.63, 3.8) is 0 Å². The van der Waals surface area contributed by atoms with Crippen molar-refractivity contribution in [3.05, 3.63) is 84.4 Å². The fraction of sp³-hybridized carbons (Fsp3) is 0.0952. The Morgan fingerprint density at radius 3 is 2.22 bits per heavy atom. The van der Waals surface area contributed by atoms with E-state index in [4.69, 9.17) is 0 Å². The number of hydrogen-bond acceptors (Lipinski definition) is 3. The highest BCUT2D eigenvalue weighted by Gasteiger charge is 2.16. The second kappa shape index (κ2) is 8.16. The molecule has 0 aliphatic carbocycles. The molecule has 0 atom stereocenters. The van der Waals surface area contributed by atoms with Crippen molar-refractivity contribution in [2.75, 3.05) is 5.32 Å². The molecule has 1 amide bonds. The number of hydrogen-bond donors (Lipinski definition) is 2. The Labute approximate surface area is 158 Å². The van der Waals surface area contributed by atoms with Gasteiger partial charge in [0, 0.05) is 17.7 Å². The summed E-state index contributed by atoms with van der Waals surface area (Å²) in [4.78, 5) is 12.2. The zero-order chi connectivity index (χ0) is 19.3. The number of para-hydroxylation sites is 1. The lowest BCUT2D eigenvalue weighted by Gasteiger charge is -2.12. The van der Waals surface area contributed by atoms with Gasteiger partial charge in [0.05, 0.1) is 4.90 Å². The van der Waals surface area contributed by atoms with Crippen molar-refractivity contribution in [2.45, 2.75) is 17.7 Å². The molecule has 6 heteroatoms. The summed E-state index contributed by atoms with van der Waals surface area (Å²) in [5, 5.41) is 2.89. The van der Waals surface area contributed by atoms with Gasteiger partial charge in [-0.25, -0.2) is 0 Å². The Balaban J connectivity index is 1.74. The van der Waals surface area contributed by atoms with Gasteiger partial charge >= 0.3 is 0 Å². The molecule has 0 spiro atoms. The minimum absolute atomic E-state index is 0.0929. The molecule has 27 heavy (non-hydrogen) atoms. The summed E-state index contributed by atoms with van der Waals surface area (Å²) in [5.41, 5.74) is 3.00. The van der Waals surface area contributed by atoms with Gasteiger partial charge in [-0.15, -0.1) is 0 Å². The van der Waals surface area contributed by atoms with E-state index in [2.05, 4.69) is 5.32 Å². The van der Waals surface area contributed by atoms with Crippen LogP contribution in [-0.4, -0.2) is 18.9 Å². The molecule has 3 rings (SSSR count). The third-order valence-corrected chi connectivity index (χ3v) is 5.11. The molecule has 138 valence electrons. The molecular formula is C21H19NO4S. The molecular weight excluding hydrogens is 362 g/mol. The average molecular weight is 381 g/mol. The van der Waals surface area contributed by atoms with E-state index in [1.807, 2.05) is 54.6 Å². The fourth-order valence-electron chi connectivity index (χ4n) is 2.88. The average Bonchev–Trinajstić information content (AvgIpc) is 2.67. The minimum atomic E-state index is -4.31. The Bertz CT molecular complexity index is 1050. The van der Waals surface area contributed by atoms with Gasteiger partial charge in [0.25, 0.3) is 10.1 Å². The second-order valence-corrected chi connectivity index (χ2v) is 7.43. The van der Waals surface area contributed by atoms with E-state index in [9.17, 15) is 17.8 Å². The maximum absolute atomic E-state index is 12.4. The van der Waals surface area contributed by atoms with Gasteiger partial charge in [-0.1, -0.05) is 66.7 Å². The van der Waals surface area contributed by atoms with Crippen LogP contribution in [0.15, 0.2) is 83.8 Å². The third kappa shape index (κ3) is 4.81. The first-order valence-electron chi connectivity index (χ1n) is 8.45. The molecule has 0 aliphatic heterocycles. The van der Waals surface area contributed by atoms with E-state index in [0.717, 1.165) is 11.1 Å². The lowest BCUT2D eigenvalue weighted by Crippen LogP contribution is -2.14. The van der Waals surface area contributed by atoms with Crippen molar-refractivity contribution in [3.8, 4) is 11.1 Å². The van der Waals surface area contributed by atoms with Crippen LogP contribution < -0.4 is 5.32 Å². The standard InChI is InChI=1S/C21H19NO4S/c23-21(15-14-17-10-4-7-13-20(17)27(24,25)26)22-19-12-6-5-11-18(19)16-8-2-1-3-9-16/h1-13H,14-15H2,(H,22,23)(H,24,25,26). The highest BCUT2D eigenvalue weighted by molar-refractivity contribution is 7.85. The summed E-state index contributed by atoms with van der Waals surface area (Å²) in [6, 6.07) is 23.3. The van der Waals surface area contributed by atoms with E-state index in [1.54, 1.807) is 12.1 Å². The third-order valence-electron chi connectivity index (χ3n) is 4.16. The van der Waals surface area contributed by atoms with Crippen molar-refractivity contribution < 1.29 is 17.8 Å². The topological polar surface area (TPSA) is 83.5 Å². The quantitative estimate of drug-likeness (QED) is 0.628. The number of carbonyl (C=O) groups excluding carboxylic acids is 1. The number of amides is 1. The highest BCUT2D eigenvalue weighted by atomic mass is 32.2. The molecule has 2 N–H and O–H groups in total. The van der Waals surface area contributed by atoms with E-state index < -0.39 is 10.1 Å². The van der Waals surface area contributed by atoms with Gasteiger partial charge in [0.2, 0.25) is 5.91 Å². The predicted molar refractivity (Wildman–Crippen MR) is 105 cm³/mol. The molecule has 3 aromatic carbocycles. The van der Waals surface area contributed by atoms with Crippen LogP contribution in [0.1, 0.15) is 12.0 Å². The van der Waals surface area contributed by atoms with Crippen LogP contribution in [0.4, 0.5) is 5.69 Å². The number of nitrogens with one attached hydrogen (secondary N) is 1. The van der Waals surface area contributed by atoms with Gasteiger partial charge in [-0.3, -0.25) is 9.35 Å². The molecule has 5 nitrogen and oxygen atoms in total. The fourth-order valence-corrected chi connectivity index (χ4v) is 3.64. The van der Waals surface area contributed by atoms with Crippen LogP contribution >= 0.6 is 0 Å². The van der Waals surface area contributed by atoms with Crippen LogP contribution in [0.25, 0.3) is 11.1 Å². The van der Waals surface area contributed by atoms with E-state index in [0.29, 0.717) is 11.3 Å². The predicted octanol–water partition coefficient (Wildman–Crippen LogP) is 4.17. The van der Waals surface area contributed by atoms with Crippen LogP contribution in [0.2, 0.25) is 0 Å². The summed E-state index contributed by atoms with van der Waals surface area (Å²) < 4.78 is 32.2. The molecule has 0 unspecified atom stereocenters. The minimum Gasteiger partial charge on any atom is -0.326 e. The van der Waals surface area contributed by atoms with E-state index in [1.165, 1.54) is 12.1 Å². The molecule has 3 aromatic rings. The largest absolute Gasteiger partial charge is 0.326 e. The van der Waals surface area contributed by atoms with Crippen molar-refractivity contribution in [1.29, 1.82) is 0 Å². The van der Waals surface area contributed by atoms with Gasteiger partial charge < -0.3 is 5.32 Å². The van der Waals surface area contributed by atoms with E-state index >= 15 is 0 Å². The van der Waals surface area contributed by atoms with Crippen molar-refractivity contribution in [2.24, 2.45) is 0 Å². The SMILES string of the molecule is O=C(CCc1ccccc1S(=O)(=O)O)Nc1ccccc1-c1ccccc1. The molecule has 0 saturated carbocycles. The maximum atomic E-state index is 12.4. The maximum Gasteiger partial charge on any atom is 0.294 e. The lowest BCUT2D eigenvalue weighted by molar-refractivity contribution is -0.116. The van der Waals surface area contributed by atoms with Crippen LogP contribution in [0.5, 0.6) is 0 Å². The summed E-state index contributed by atoms with van der Waals surface area (Å²) in [7, 11) is -4.31. The number of aryl methyl sites for hydroxylation is 1. The molecule has 0 radical (unpaired) electrons. The normalized spacial score (nSPS) is 11.1. The zero-order valence-corrected chi connectivity index (χ0v) is 15.3. The number of carbonyl (C=O) groups is 1.